The first-order valence-corrected chi connectivity index (χ1v) is 8.96. The van der Waals surface area contributed by atoms with Gasteiger partial charge in [-0.2, -0.15) is 0 Å². The number of ether oxygens (including phenoxy) is 2. The Morgan fingerprint density at radius 2 is 1.71 bits per heavy atom. The van der Waals surface area contributed by atoms with Crippen LogP contribution in [0.2, 0.25) is 0 Å². The van der Waals surface area contributed by atoms with Crippen molar-refractivity contribution in [3.8, 4) is 0 Å². The number of aliphatic hydroxyl groups is 1. The fourth-order valence-electron chi connectivity index (χ4n) is 3.44. The van der Waals surface area contributed by atoms with Gasteiger partial charge in [-0.15, -0.1) is 0 Å². The van der Waals surface area contributed by atoms with Gasteiger partial charge in [-0.05, 0) is 11.1 Å². The predicted molar refractivity (Wildman–Crippen MR) is 99.5 cm³/mol. The van der Waals surface area contributed by atoms with Crippen LogP contribution in [0.5, 0.6) is 0 Å². The van der Waals surface area contributed by atoms with Gasteiger partial charge in [-0.3, -0.25) is 9.69 Å². The average molecular weight is 380 g/mol. The average Bonchev–Trinajstić information content (AvgIpc) is 2.76. The van der Waals surface area contributed by atoms with E-state index in [1.165, 1.54) is 4.90 Å². The molecule has 2 aliphatic rings. The minimum atomic E-state index is -0.818. The molecule has 0 aromatic heterocycles. The third-order valence-corrected chi connectivity index (χ3v) is 4.90. The molecule has 1 saturated heterocycles. The minimum Gasteiger partial charge on any atom is -0.448 e. The molecular formula is C21H20N2O5. The maximum Gasteiger partial charge on any atom is 0.356 e. The zero-order chi connectivity index (χ0) is 19.7. The summed E-state index contributed by atoms with van der Waals surface area (Å²) in [6.07, 6.45) is -1.37. The molecule has 3 N–H and O–H groups in total. The van der Waals surface area contributed by atoms with E-state index in [1.807, 2.05) is 60.7 Å². The number of nitrogens with two attached hydrogens (primary N) is 1. The molecule has 7 nitrogen and oxygen atoms in total. The van der Waals surface area contributed by atoms with E-state index in [4.69, 9.17) is 15.2 Å². The summed E-state index contributed by atoms with van der Waals surface area (Å²) in [5.74, 6) is -1.13. The van der Waals surface area contributed by atoms with Crippen LogP contribution < -0.4 is 5.73 Å². The van der Waals surface area contributed by atoms with Gasteiger partial charge in [0.25, 0.3) is 5.91 Å². The molecule has 1 fully saturated rings. The van der Waals surface area contributed by atoms with Crippen LogP contribution in [0, 0.1) is 0 Å². The van der Waals surface area contributed by atoms with Gasteiger partial charge in [0.1, 0.15) is 11.7 Å². The van der Waals surface area contributed by atoms with Crippen molar-refractivity contribution in [1.82, 2.24) is 4.90 Å². The lowest BCUT2D eigenvalue weighted by molar-refractivity contribution is -0.182. The molecule has 2 atom stereocenters. The first-order valence-electron chi connectivity index (χ1n) is 8.96. The number of benzene rings is 2. The Morgan fingerprint density at radius 1 is 1.14 bits per heavy atom. The lowest BCUT2D eigenvalue weighted by Gasteiger charge is -2.48. The molecule has 2 unspecified atom stereocenters. The molecule has 2 aromatic rings. The standard InChI is InChI=1S/C21H20N2O5/c22-16-19(25)23-17(15(11-24)12-27-20(16)23)21(26)28-18(13-7-3-1-4-8-13)14-9-5-2-6-10-14/h1-10,16,18,20,24H,11-12,22H2. The Morgan fingerprint density at radius 3 is 2.25 bits per heavy atom. The highest BCUT2D eigenvalue weighted by Crippen LogP contribution is 2.34. The normalized spacial score (nSPS) is 21.4. The summed E-state index contributed by atoms with van der Waals surface area (Å²) in [6.45, 7) is -0.401. The molecule has 7 heteroatoms. The van der Waals surface area contributed by atoms with E-state index < -0.39 is 36.9 Å². The Labute approximate surface area is 162 Å². The Kier molecular flexibility index (Phi) is 4.95. The number of esters is 1. The van der Waals surface area contributed by atoms with E-state index in [-0.39, 0.29) is 12.3 Å². The number of β-lactam (4-membered cyclic amide) rings is 1. The van der Waals surface area contributed by atoms with Crippen molar-refractivity contribution in [3.63, 3.8) is 0 Å². The number of nitrogens with zero attached hydrogens (tertiary/aromatic N) is 1. The van der Waals surface area contributed by atoms with Crippen LogP contribution in [-0.2, 0) is 19.1 Å². The Balaban J connectivity index is 1.68. The smallest absolute Gasteiger partial charge is 0.356 e. The molecule has 0 aliphatic carbocycles. The molecule has 28 heavy (non-hydrogen) atoms. The highest BCUT2D eigenvalue weighted by Gasteiger charge is 2.52. The lowest BCUT2D eigenvalue weighted by Crippen LogP contribution is -2.71. The van der Waals surface area contributed by atoms with Crippen molar-refractivity contribution in [2.24, 2.45) is 5.73 Å². The van der Waals surface area contributed by atoms with Crippen LogP contribution in [0.15, 0.2) is 71.9 Å². The fourth-order valence-corrected chi connectivity index (χ4v) is 3.44. The number of rotatable bonds is 5. The van der Waals surface area contributed by atoms with Gasteiger partial charge in [0.2, 0.25) is 0 Å². The van der Waals surface area contributed by atoms with E-state index in [0.29, 0.717) is 5.57 Å². The molecule has 2 aliphatic heterocycles. The number of hydrogen-bond acceptors (Lipinski definition) is 6. The maximum absolute atomic E-state index is 13.1. The number of hydrogen-bond donors (Lipinski definition) is 2. The molecule has 2 heterocycles. The molecule has 0 spiro atoms. The number of carbonyl (C=O) groups is 2. The minimum absolute atomic E-state index is 0.0160. The van der Waals surface area contributed by atoms with Crippen LogP contribution in [-0.4, -0.2) is 47.4 Å². The topological polar surface area (TPSA) is 102 Å². The highest BCUT2D eigenvalue weighted by atomic mass is 16.6. The van der Waals surface area contributed by atoms with Crippen LogP contribution in [0.25, 0.3) is 0 Å². The first kappa shape index (κ1) is 18.4. The van der Waals surface area contributed by atoms with E-state index in [9.17, 15) is 14.7 Å². The van der Waals surface area contributed by atoms with E-state index in [2.05, 4.69) is 0 Å². The molecule has 0 radical (unpaired) electrons. The van der Waals surface area contributed by atoms with Gasteiger partial charge in [-0.25, -0.2) is 4.79 Å². The van der Waals surface area contributed by atoms with E-state index >= 15 is 0 Å². The third kappa shape index (κ3) is 3.09. The van der Waals surface area contributed by atoms with Gasteiger partial charge >= 0.3 is 5.97 Å². The SMILES string of the molecule is NC1C(=O)N2C(C(=O)OC(c3ccccc3)c3ccccc3)=C(CO)COC12. The van der Waals surface area contributed by atoms with Crippen LogP contribution in [0.3, 0.4) is 0 Å². The fraction of sp³-hybridized carbons (Fsp3) is 0.238. The van der Waals surface area contributed by atoms with Crippen molar-refractivity contribution < 1.29 is 24.2 Å². The summed E-state index contributed by atoms with van der Waals surface area (Å²) < 4.78 is 11.3. The van der Waals surface area contributed by atoms with Gasteiger partial charge in [-0.1, -0.05) is 60.7 Å². The van der Waals surface area contributed by atoms with Gasteiger partial charge < -0.3 is 20.3 Å². The van der Waals surface area contributed by atoms with Gasteiger partial charge in [0.15, 0.2) is 12.3 Å². The van der Waals surface area contributed by atoms with Crippen molar-refractivity contribution in [2.75, 3.05) is 13.2 Å². The zero-order valence-electron chi connectivity index (χ0n) is 15.0. The Hall–Kier alpha value is -3.00. The van der Waals surface area contributed by atoms with Gasteiger partial charge in [0, 0.05) is 5.57 Å². The van der Waals surface area contributed by atoms with Crippen molar-refractivity contribution in [1.29, 1.82) is 0 Å². The van der Waals surface area contributed by atoms with Crippen molar-refractivity contribution >= 4 is 11.9 Å². The molecule has 2 aromatic carbocycles. The zero-order valence-corrected chi connectivity index (χ0v) is 15.0. The molecule has 1 amide bonds. The predicted octanol–water partition coefficient (Wildman–Crippen LogP) is 1.09. The second-order valence-electron chi connectivity index (χ2n) is 6.65. The number of carbonyl (C=O) groups excluding carboxylic acids is 2. The second-order valence-corrected chi connectivity index (χ2v) is 6.65. The molecule has 144 valence electrons. The number of fused-ring (bicyclic) bond motifs is 1. The number of amides is 1. The summed E-state index contributed by atoms with van der Waals surface area (Å²) >= 11 is 0. The first-order chi connectivity index (χ1) is 13.6. The van der Waals surface area contributed by atoms with E-state index in [0.717, 1.165) is 11.1 Å². The van der Waals surface area contributed by atoms with Crippen molar-refractivity contribution in [2.45, 2.75) is 18.4 Å². The summed E-state index contributed by atoms with van der Waals surface area (Å²) in [5, 5.41) is 9.64. The summed E-state index contributed by atoms with van der Waals surface area (Å²) in [6, 6.07) is 17.8. The van der Waals surface area contributed by atoms with Gasteiger partial charge in [0.05, 0.1) is 13.2 Å². The third-order valence-electron chi connectivity index (χ3n) is 4.90. The second kappa shape index (κ2) is 7.55. The van der Waals surface area contributed by atoms with Crippen molar-refractivity contribution in [3.05, 3.63) is 83.1 Å². The maximum atomic E-state index is 13.1. The highest BCUT2D eigenvalue weighted by molar-refractivity contribution is 6.00. The Bertz CT molecular complexity index is 873. The quantitative estimate of drug-likeness (QED) is 0.595. The lowest BCUT2D eigenvalue weighted by atomic mass is 9.99. The largest absolute Gasteiger partial charge is 0.448 e. The summed E-state index contributed by atoms with van der Waals surface area (Å²) in [7, 11) is 0. The van der Waals surface area contributed by atoms with Crippen LogP contribution in [0.4, 0.5) is 0 Å². The monoisotopic (exact) mass is 380 g/mol. The van der Waals surface area contributed by atoms with Crippen LogP contribution >= 0.6 is 0 Å². The molecule has 0 saturated carbocycles. The summed E-state index contributed by atoms with van der Waals surface area (Å²) in [4.78, 5) is 26.5. The summed E-state index contributed by atoms with van der Waals surface area (Å²) in [5.41, 5.74) is 7.65. The van der Waals surface area contributed by atoms with Crippen LogP contribution in [0.1, 0.15) is 17.2 Å². The molecule has 0 bridgehead atoms. The molecule has 4 rings (SSSR count). The van der Waals surface area contributed by atoms with E-state index in [1.54, 1.807) is 0 Å². The molecular weight excluding hydrogens is 360 g/mol. The number of aliphatic hydroxyl groups excluding tert-OH is 1.